The number of H-pyrrole nitrogens is 2. The monoisotopic (exact) mass is 546 g/mol. The normalized spacial score (nSPS) is 10.7. The van der Waals surface area contributed by atoms with E-state index in [4.69, 9.17) is 70.8 Å². The lowest BCUT2D eigenvalue weighted by Gasteiger charge is -2.05. The van der Waals surface area contributed by atoms with Gasteiger partial charge in [0.2, 0.25) is 0 Å². The van der Waals surface area contributed by atoms with Crippen LogP contribution in [-0.4, -0.2) is 29.5 Å². The van der Waals surface area contributed by atoms with E-state index in [1.807, 2.05) is 35.1 Å². The van der Waals surface area contributed by atoms with Crippen molar-refractivity contribution < 1.29 is 0 Å². The van der Waals surface area contributed by atoms with Crippen molar-refractivity contribution >= 4 is 70.8 Å². The third kappa shape index (κ3) is 5.44. The van der Waals surface area contributed by atoms with Crippen molar-refractivity contribution in [2.45, 2.75) is 26.9 Å². The molecule has 2 aromatic heterocycles. The number of hydrogen-bond donors (Lipinski definition) is 2. The van der Waals surface area contributed by atoms with Crippen LogP contribution in [0.25, 0.3) is 22.8 Å². The number of nitrogens with one attached hydrogen (secondary N) is 2. The molecule has 0 spiro atoms. The Hall–Kier alpha value is -1.68. The zero-order chi connectivity index (χ0) is 23.4. The number of aromatic nitrogens is 6. The zero-order valence-electron chi connectivity index (χ0n) is 17.0. The van der Waals surface area contributed by atoms with Crippen molar-refractivity contribution in [2.24, 2.45) is 0 Å². The molecule has 0 saturated carbocycles. The smallest absolute Gasteiger partial charge is 0.195 e. The summed E-state index contributed by atoms with van der Waals surface area (Å²) in [5.74, 6) is 1.46. The summed E-state index contributed by atoms with van der Waals surface area (Å²) in [6.45, 7) is 5.48. The van der Waals surface area contributed by atoms with E-state index in [2.05, 4.69) is 20.4 Å². The minimum absolute atomic E-state index is 0.566. The van der Waals surface area contributed by atoms with Gasteiger partial charge in [0.05, 0.1) is 10.0 Å². The van der Waals surface area contributed by atoms with Crippen LogP contribution in [0.5, 0.6) is 0 Å². The van der Waals surface area contributed by atoms with E-state index in [-0.39, 0.29) is 0 Å². The van der Waals surface area contributed by atoms with E-state index in [1.54, 1.807) is 24.3 Å². The summed E-state index contributed by atoms with van der Waals surface area (Å²) >= 11 is 34.2. The Kier molecular flexibility index (Phi) is 8.55. The van der Waals surface area contributed by atoms with E-state index >= 15 is 0 Å². The maximum absolute atomic E-state index is 6.12. The number of hydrogen-bond acceptors (Lipinski definition) is 4. The van der Waals surface area contributed by atoms with Gasteiger partial charge >= 0.3 is 0 Å². The van der Waals surface area contributed by atoms with Crippen LogP contribution >= 0.6 is 70.8 Å². The zero-order valence-corrected chi connectivity index (χ0v) is 21.7. The lowest BCUT2D eigenvalue weighted by atomic mass is 10.2. The quantitative estimate of drug-likeness (QED) is 0.255. The maximum atomic E-state index is 6.12. The Bertz CT molecular complexity index is 1250. The molecule has 0 atom stereocenters. The minimum atomic E-state index is 0.566. The molecule has 32 heavy (non-hydrogen) atoms. The fraction of sp³-hybridized carbons (Fsp3) is 0.200. The van der Waals surface area contributed by atoms with Crippen molar-refractivity contribution in [3.63, 3.8) is 0 Å². The molecule has 6 nitrogen and oxygen atoms in total. The van der Waals surface area contributed by atoms with Gasteiger partial charge in [0.15, 0.2) is 21.2 Å². The Balaban J connectivity index is 0.000000181. The average molecular weight is 548 g/mol. The molecule has 0 amide bonds. The first-order chi connectivity index (χ1) is 15.3. The first-order valence-electron chi connectivity index (χ1n) is 9.48. The number of rotatable bonds is 4. The van der Waals surface area contributed by atoms with Crippen molar-refractivity contribution in [1.82, 2.24) is 29.5 Å². The molecule has 0 aliphatic heterocycles. The molecule has 0 unspecified atom stereocenters. The predicted octanol–water partition coefficient (Wildman–Crippen LogP) is 7.87. The van der Waals surface area contributed by atoms with Gasteiger partial charge in [0, 0.05) is 34.3 Å². The molecule has 2 heterocycles. The van der Waals surface area contributed by atoms with Gasteiger partial charge in [-0.3, -0.25) is 10.2 Å². The van der Waals surface area contributed by atoms with Crippen LogP contribution in [0.1, 0.15) is 13.8 Å². The van der Waals surface area contributed by atoms with Gasteiger partial charge in [-0.05, 0) is 74.7 Å². The number of halogens is 4. The van der Waals surface area contributed by atoms with Crippen molar-refractivity contribution in [2.75, 3.05) is 0 Å². The Morgan fingerprint density at radius 3 is 1.41 bits per heavy atom. The molecule has 168 valence electrons. The predicted molar refractivity (Wildman–Crippen MR) is 137 cm³/mol. The highest BCUT2D eigenvalue weighted by Crippen LogP contribution is 2.30. The van der Waals surface area contributed by atoms with Crippen LogP contribution in [0.2, 0.25) is 20.1 Å². The first kappa shape index (κ1) is 25.0. The Labute approximate surface area is 215 Å². The van der Waals surface area contributed by atoms with Gasteiger partial charge in [-0.25, -0.2) is 0 Å². The standard InChI is InChI=1S/2C10H9Cl2N3S/c2*1-2-15-9(13-14-10(15)16)7-4-3-6(11)5-8(7)12/h2*3-5H,2H2,1H3,(H,14,16). The number of benzene rings is 2. The summed E-state index contributed by atoms with van der Waals surface area (Å²) in [6.07, 6.45) is 0. The largest absolute Gasteiger partial charge is 0.300 e. The van der Waals surface area contributed by atoms with Crippen LogP contribution in [0, 0.1) is 9.54 Å². The van der Waals surface area contributed by atoms with Gasteiger partial charge in [-0.1, -0.05) is 46.4 Å². The van der Waals surface area contributed by atoms with Crippen LogP contribution < -0.4 is 0 Å². The summed E-state index contributed by atoms with van der Waals surface area (Å²) in [6, 6.07) is 10.6. The molecule has 4 aromatic rings. The van der Waals surface area contributed by atoms with Crippen LogP contribution in [0.4, 0.5) is 0 Å². The number of aromatic amines is 2. The highest BCUT2D eigenvalue weighted by atomic mass is 35.5. The maximum Gasteiger partial charge on any atom is 0.195 e. The Morgan fingerprint density at radius 2 is 1.09 bits per heavy atom. The van der Waals surface area contributed by atoms with Crippen LogP contribution in [0.15, 0.2) is 36.4 Å². The number of nitrogens with zero attached hydrogens (tertiary/aromatic N) is 4. The van der Waals surface area contributed by atoms with Gasteiger partial charge in [-0.2, -0.15) is 10.2 Å². The molecule has 0 saturated heterocycles. The van der Waals surface area contributed by atoms with E-state index in [0.717, 1.165) is 35.9 Å². The molecule has 0 aliphatic rings. The second kappa shape index (κ2) is 11.0. The molecule has 12 heteroatoms. The van der Waals surface area contributed by atoms with Crippen LogP contribution in [-0.2, 0) is 13.1 Å². The molecular weight excluding hydrogens is 530 g/mol. The SMILES string of the molecule is CCn1c(-c2ccc(Cl)cc2Cl)n[nH]c1=S.CCn1c(-c2ccc(Cl)cc2Cl)n[nH]c1=S. The molecule has 0 bridgehead atoms. The second-order valence-electron chi connectivity index (χ2n) is 6.44. The van der Waals surface area contributed by atoms with Crippen molar-refractivity contribution in [3.05, 3.63) is 66.0 Å². The van der Waals surface area contributed by atoms with E-state index in [9.17, 15) is 0 Å². The van der Waals surface area contributed by atoms with E-state index < -0.39 is 0 Å². The molecular formula is C20H18Cl4N6S2. The van der Waals surface area contributed by atoms with Gasteiger partial charge in [0.1, 0.15) is 0 Å². The molecule has 0 aliphatic carbocycles. The molecule has 2 N–H and O–H groups in total. The summed E-state index contributed by atoms with van der Waals surface area (Å²) in [7, 11) is 0. The van der Waals surface area contributed by atoms with Gasteiger partial charge < -0.3 is 9.13 Å². The third-order valence-electron chi connectivity index (χ3n) is 4.49. The topological polar surface area (TPSA) is 67.2 Å². The summed E-state index contributed by atoms with van der Waals surface area (Å²) in [4.78, 5) is 0. The lowest BCUT2D eigenvalue weighted by Crippen LogP contribution is -1.97. The highest BCUT2D eigenvalue weighted by Gasteiger charge is 2.12. The minimum Gasteiger partial charge on any atom is -0.300 e. The fourth-order valence-corrected chi connectivity index (χ4v) is 4.48. The molecule has 4 rings (SSSR count). The van der Waals surface area contributed by atoms with Crippen molar-refractivity contribution in [1.29, 1.82) is 0 Å². The highest BCUT2D eigenvalue weighted by molar-refractivity contribution is 7.71. The Morgan fingerprint density at radius 1 is 0.719 bits per heavy atom. The van der Waals surface area contributed by atoms with E-state index in [0.29, 0.717) is 29.6 Å². The first-order valence-corrected chi connectivity index (χ1v) is 11.8. The third-order valence-corrected chi connectivity index (χ3v) is 6.21. The van der Waals surface area contributed by atoms with Gasteiger partial charge in [-0.15, -0.1) is 0 Å². The molecule has 0 radical (unpaired) electrons. The van der Waals surface area contributed by atoms with Crippen LogP contribution in [0.3, 0.4) is 0 Å². The van der Waals surface area contributed by atoms with Crippen molar-refractivity contribution in [3.8, 4) is 22.8 Å². The van der Waals surface area contributed by atoms with E-state index in [1.165, 1.54) is 0 Å². The molecule has 0 fully saturated rings. The summed E-state index contributed by atoms with van der Waals surface area (Å²) in [5.41, 5.74) is 1.64. The second-order valence-corrected chi connectivity index (χ2v) is 8.90. The lowest BCUT2D eigenvalue weighted by molar-refractivity contribution is 0.755. The van der Waals surface area contributed by atoms with Gasteiger partial charge in [0.25, 0.3) is 0 Å². The summed E-state index contributed by atoms with van der Waals surface area (Å²) in [5, 5.41) is 16.2. The molecule has 2 aromatic carbocycles. The average Bonchev–Trinajstić information content (AvgIpc) is 3.30. The summed E-state index contributed by atoms with van der Waals surface area (Å²) < 4.78 is 4.93. The fourth-order valence-electron chi connectivity index (χ4n) is 2.97.